The van der Waals surface area contributed by atoms with Crippen LogP contribution in [-0.4, -0.2) is 35.3 Å². The molecule has 4 N–H and O–H groups in total. The SMILES string of the molecule is NCC12CCC(CC1)CN2C(=O)c1ccc(C(N)=O)cc1. The molecule has 0 radical (unpaired) electrons. The molecule has 0 unspecified atom stereocenters. The molecule has 2 saturated heterocycles. The molecular formula is C16H21N3O2. The third kappa shape index (κ3) is 2.31. The monoisotopic (exact) mass is 287 g/mol. The second-order valence-electron chi connectivity index (χ2n) is 6.23. The fraction of sp³-hybridized carbons (Fsp3) is 0.500. The summed E-state index contributed by atoms with van der Waals surface area (Å²) >= 11 is 0. The van der Waals surface area contributed by atoms with Gasteiger partial charge in [-0.05, 0) is 55.9 Å². The van der Waals surface area contributed by atoms with Crippen LogP contribution >= 0.6 is 0 Å². The maximum absolute atomic E-state index is 12.8. The highest BCUT2D eigenvalue weighted by Crippen LogP contribution is 2.43. The van der Waals surface area contributed by atoms with Gasteiger partial charge in [0.15, 0.2) is 0 Å². The third-order valence-corrected chi connectivity index (χ3v) is 5.09. The predicted molar refractivity (Wildman–Crippen MR) is 79.7 cm³/mol. The number of nitrogens with zero attached hydrogens (tertiary/aromatic N) is 1. The standard InChI is InChI=1S/C16H21N3O2/c17-10-16-7-5-11(6-8-16)9-19(16)15(21)13-3-1-12(2-4-13)14(18)20/h1-4,11H,5-10,17H2,(H2,18,20). The van der Waals surface area contributed by atoms with E-state index in [0.29, 0.717) is 23.6 Å². The Morgan fingerprint density at radius 1 is 1.14 bits per heavy atom. The summed E-state index contributed by atoms with van der Waals surface area (Å²) in [5.74, 6) is 0.137. The van der Waals surface area contributed by atoms with Crippen LogP contribution in [0.25, 0.3) is 0 Å². The number of benzene rings is 1. The van der Waals surface area contributed by atoms with Crippen molar-refractivity contribution in [2.24, 2.45) is 17.4 Å². The van der Waals surface area contributed by atoms with Gasteiger partial charge in [0.05, 0.1) is 5.54 Å². The topological polar surface area (TPSA) is 89.4 Å². The fourth-order valence-electron chi connectivity index (χ4n) is 3.66. The van der Waals surface area contributed by atoms with Crippen LogP contribution in [0, 0.1) is 5.92 Å². The number of amides is 2. The second kappa shape index (κ2) is 5.15. The van der Waals surface area contributed by atoms with Crippen molar-refractivity contribution >= 4 is 11.8 Å². The Balaban J connectivity index is 1.85. The highest BCUT2D eigenvalue weighted by atomic mass is 16.2. The summed E-state index contributed by atoms with van der Waals surface area (Å²) in [4.78, 5) is 25.8. The summed E-state index contributed by atoms with van der Waals surface area (Å²) in [5, 5.41) is 0. The average molecular weight is 287 g/mol. The van der Waals surface area contributed by atoms with E-state index in [1.807, 2.05) is 4.90 Å². The minimum absolute atomic E-state index is 0.0147. The number of rotatable bonds is 3. The van der Waals surface area contributed by atoms with Crippen LogP contribution in [0.15, 0.2) is 24.3 Å². The van der Waals surface area contributed by atoms with E-state index in [0.717, 1.165) is 19.4 Å². The number of hydrogen-bond acceptors (Lipinski definition) is 3. The van der Waals surface area contributed by atoms with Crippen LogP contribution in [0.3, 0.4) is 0 Å². The molecule has 2 heterocycles. The number of hydrogen-bond donors (Lipinski definition) is 2. The van der Waals surface area contributed by atoms with Gasteiger partial charge in [0.2, 0.25) is 5.91 Å². The zero-order chi connectivity index (χ0) is 15.0. The Morgan fingerprint density at radius 3 is 2.24 bits per heavy atom. The Hall–Kier alpha value is -1.88. The molecule has 1 aromatic carbocycles. The molecule has 21 heavy (non-hydrogen) atoms. The summed E-state index contributed by atoms with van der Waals surface area (Å²) in [7, 11) is 0. The lowest BCUT2D eigenvalue weighted by atomic mass is 9.70. The molecule has 3 aliphatic rings. The van der Waals surface area contributed by atoms with Gasteiger partial charge in [0, 0.05) is 24.2 Å². The normalized spacial score (nSPS) is 27.7. The molecule has 0 spiro atoms. The summed E-state index contributed by atoms with van der Waals surface area (Å²) < 4.78 is 0. The smallest absolute Gasteiger partial charge is 0.254 e. The number of nitrogens with two attached hydrogens (primary N) is 2. The van der Waals surface area contributed by atoms with E-state index in [9.17, 15) is 9.59 Å². The molecule has 0 atom stereocenters. The first kappa shape index (κ1) is 14.1. The molecule has 3 fully saturated rings. The molecular weight excluding hydrogens is 266 g/mol. The van der Waals surface area contributed by atoms with E-state index in [1.165, 1.54) is 12.8 Å². The van der Waals surface area contributed by atoms with Crippen LogP contribution < -0.4 is 11.5 Å². The zero-order valence-corrected chi connectivity index (χ0v) is 12.0. The first-order chi connectivity index (χ1) is 10.1. The maximum Gasteiger partial charge on any atom is 0.254 e. The van der Waals surface area contributed by atoms with Gasteiger partial charge in [-0.2, -0.15) is 0 Å². The van der Waals surface area contributed by atoms with E-state index >= 15 is 0 Å². The van der Waals surface area contributed by atoms with E-state index in [1.54, 1.807) is 24.3 Å². The largest absolute Gasteiger partial charge is 0.366 e. The fourth-order valence-corrected chi connectivity index (χ4v) is 3.66. The molecule has 1 aromatic rings. The molecule has 2 aliphatic heterocycles. The van der Waals surface area contributed by atoms with Crippen LogP contribution in [0.5, 0.6) is 0 Å². The second-order valence-corrected chi connectivity index (χ2v) is 6.23. The van der Waals surface area contributed by atoms with Crippen LogP contribution in [0.4, 0.5) is 0 Å². The highest BCUT2D eigenvalue weighted by Gasteiger charge is 2.47. The lowest BCUT2D eigenvalue weighted by molar-refractivity contribution is -0.0152. The predicted octanol–water partition coefficient (Wildman–Crippen LogP) is 1.13. The minimum atomic E-state index is -0.482. The Labute approximate surface area is 124 Å². The van der Waals surface area contributed by atoms with Crippen molar-refractivity contribution < 1.29 is 9.59 Å². The number of primary amides is 1. The summed E-state index contributed by atoms with van der Waals surface area (Å²) in [6.45, 7) is 1.32. The van der Waals surface area contributed by atoms with Crippen molar-refractivity contribution in [2.75, 3.05) is 13.1 Å². The first-order valence-corrected chi connectivity index (χ1v) is 7.48. The van der Waals surface area contributed by atoms with Gasteiger partial charge < -0.3 is 16.4 Å². The Kier molecular flexibility index (Phi) is 3.45. The Bertz CT molecular complexity index is 559. The lowest BCUT2D eigenvalue weighted by Crippen LogP contribution is -2.63. The van der Waals surface area contributed by atoms with E-state index in [-0.39, 0.29) is 11.4 Å². The molecule has 2 bridgehead atoms. The van der Waals surface area contributed by atoms with Crippen molar-refractivity contribution in [3.63, 3.8) is 0 Å². The van der Waals surface area contributed by atoms with Crippen molar-refractivity contribution in [3.8, 4) is 0 Å². The molecule has 4 rings (SSSR count). The van der Waals surface area contributed by atoms with Crippen molar-refractivity contribution in [1.82, 2.24) is 4.90 Å². The van der Waals surface area contributed by atoms with Gasteiger partial charge in [0.1, 0.15) is 0 Å². The van der Waals surface area contributed by atoms with Crippen LogP contribution in [-0.2, 0) is 0 Å². The van der Waals surface area contributed by atoms with E-state index < -0.39 is 5.91 Å². The van der Waals surface area contributed by atoms with Crippen molar-refractivity contribution in [2.45, 2.75) is 31.2 Å². The number of carbonyl (C=O) groups excluding carboxylic acids is 2. The van der Waals surface area contributed by atoms with Gasteiger partial charge in [0.25, 0.3) is 5.91 Å². The summed E-state index contributed by atoms with van der Waals surface area (Å²) in [6.07, 6.45) is 4.34. The lowest BCUT2D eigenvalue weighted by Gasteiger charge is -2.54. The Morgan fingerprint density at radius 2 is 1.71 bits per heavy atom. The molecule has 0 aromatic heterocycles. The summed E-state index contributed by atoms with van der Waals surface area (Å²) in [6, 6.07) is 6.56. The minimum Gasteiger partial charge on any atom is -0.366 e. The number of fused-ring (bicyclic) bond motifs is 3. The van der Waals surface area contributed by atoms with Gasteiger partial charge in [-0.15, -0.1) is 0 Å². The molecule has 5 heteroatoms. The average Bonchev–Trinajstić information content (AvgIpc) is 2.55. The van der Waals surface area contributed by atoms with Gasteiger partial charge >= 0.3 is 0 Å². The van der Waals surface area contributed by atoms with Gasteiger partial charge in [-0.25, -0.2) is 0 Å². The van der Waals surface area contributed by atoms with E-state index in [2.05, 4.69) is 0 Å². The first-order valence-electron chi connectivity index (χ1n) is 7.48. The quantitative estimate of drug-likeness (QED) is 0.873. The van der Waals surface area contributed by atoms with E-state index in [4.69, 9.17) is 11.5 Å². The number of carbonyl (C=O) groups is 2. The molecule has 1 saturated carbocycles. The number of piperidine rings is 2. The van der Waals surface area contributed by atoms with Crippen molar-refractivity contribution in [3.05, 3.63) is 35.4 Å². The van der Waals surface area contributed by atoms with Crippen LogP contribution in [0.1, 0.15) is 46.4 Å². The zero-order valence-electron chi connectivity index (χ0n) is 12.0. The molecule has 2 amide bonds. The summed E-state index contributed by atoms with van der Waals surface area (Å²) in [5.41, 5.74) is 12.1. The highest BCUT2D eigenvalue weighted by molar-refractivity contribution is 5.97. The molecule has 5 nitrogen and oxygen atoms in total. The van der Waals surface area contributed by atoms with Gasteiger partial charge in [-0.3, -0.25) is 9.59 Å². The van der Waals surface area contributed by atoms with Crippen LogP contribution in [0.2, 0.25) is 0 Å². The van der Waals surface area contributed by atoms with Crippen molar-refractivity contribution in [1.29, 1.82) is 0 Å². The van der Waals surface area contributed by atoms with Gasteiger partial charge in [-0.1, -0.05) is 0 Å². The molecule has 112 valence electrons. The third-order valence-electron chi connectivity index (χ3n) is 5.09. The maximum atomic E-state index is 12.8. The molecule has 1 aliphatic carbocycles.